The minimum atomic E-state index is -5.08. The van der Waals surface area contributed by atoms with E-state index in [0.29, 0.717) is 23.3 Å². The number of anilines is 1. The number of likely N-dealkylation sites (tertiary alicyclic amines) is 2. The Labute approximate surface area is 282 Å². The van der Waals surface area contributed by atoms with Gasteiger partial charge in [0.1, 0.15) is 29.3 Å². The first kappa shape index (κ1) is 33.2. The second-order valence-corrected chi connectivity index (χ2v) is 13.7. The lowest BCUT2D eigenvalue weighted by Crippen LogP contribution is -2.69. The largest absolute Gasteiger partial charge is 0.490 e. The van der Waals surface area contributed by atoms with Crippen LogP contribution >= 0.6 is 0 Å². The number of hydrogen-bond donors (Lipinski definition) is 3. The van der Waals surface area contributed by atoms with Crippen molar-refractivity contribution in [3.63, 3.8) is 0 Å². The second-order valence-electron chi connectivity index (χ2n) is 13.7. The van der Waals surface area contributed by atoms with E-state index in [1.54, 1.807) is 6.33 Å². The average Bonchev–Trinajstić information content (AvgIpc) is 3.45. The number of hydrogen-bond acceptors (Lipinski definition) is 9. The number of nitrogen functional groups attached to an aromatic ring is 1. The van der Waals surface area contributed by atoms with Gasteiger partial charge in [-0.15, -0.1) is 0 Å². The maximum Gasteiger partial charge on any atom is 0.490 e. The van der Waals surface area contributed by atoms with Crippen LogP contribution in [0, 0.1) is 5.41 Å². The summed E-state index contributed by atoms with van der Waals surface area (Å²) in [6.07, 6.45) is 3.84. The number of aliphatic carboxylic acids is 1. The quantitative estimate of drug-likeness (QED) is 0.245. The maximum absolute atomic E-state index is 10.6. The summed E-state index contributed by atoms with van der Waals surface area (Å²) in [5, 5.41) is 16.5. The number of nitrogens with one attached hydrogen (secondary N) is 1. The average molecular weight is 679 g/mol. The Kier molecular flexibility index (Phi) is 9.20. The number of carboxylic acids is 1. The molecule has 8 rings (SSSR count). The van der Waals surface area contributed by atoms with Gasteiger partial charge in [-0.05, 0) is 93.4 Å². The number of piperidine rings is 1. The van der Waals surface area contributed by atoms with E-state index in [1.165, 1.54) is 65.0 Å². The fourth-order valence-corrected chi connectivity index (χ4v) is 7.71. The Balaban J connectivity index is 0.000000491. The van der Waals surface area contributed by atoms with Crippen LogP contribution in [-0.2, 0) is 4.79 Å². The van der Waals surface area contributed by atoms with Gasteiger partial charge < -0.3 is 25.8 Å². The molecule has 2 aromatic carbocycles. The minimum absolute atomic E-state index is 0.319. The summed E-state index contributed by atoms with van der Waals surface area (Å²) in [6, 6.07) is 19.7. The summed E-state index contributed by atoms with van der Waals surface area (Å²) in [6.45, 7) is 7.54. The van der Waals surface area contributed by atoms with Crippen LogP contribution in [0.3, 0.4) is 0 Å². The molecule has 0 radical (unpaired) electrons. The van der Waals surface area contributed by atoms with Crippen molar-refractivity contribution in [2.75, 3.05) is 45.0 Å². The van der Waals surface area contributed by atoms with E-state index < -0.39 is 12.1 Å². The van der Waals surface area contributed by atoms with Gasteiger partial charge in [-0.25, -0.2) is 19.4 Å². The summed E-state index contributed by atoms with van der Waals surface area (Å²) >= 11 is 0. The van der Waals surface area contributed by atoms with Gasteiger partial charge >= 0.3 is 12.1 Å². The standard InChI is InChI=1S/C33H40N8O.C2HF3O2/c34-31-29-30(23-6-12-28(13-7-23)42-27-4-2-1-3-5-27)38-41(32(29)37-22-36-31)25-10-8-24(9-11-25)39-16-14-33(15-17-39)20-40(21-33)26-18-35-19-26;3-2(4,5)1(6)7/h1-7,12-13,22,24-26,35H,8-11,14-21H2,(H2,34,36,37);(H,6,7). The number of rotatable bonds is 6. The molecule has 3 saturated heterocycles. The molecule has 2 aromatic heterocycles. The molecule has 14 heteroatoms. The number of fused-ring (bicyclic) bond motifs is 1. The highest BCUT2D eigenvalue weighted by atomic mass is 19.4. The molecular formula is C35H41F3N8O3. The van der Waals surface area contributed by atoms with Gasteiger partial charge in [-0.1, -0.05) is 18.2 Å². The Bertz CT molecular complexity index is 1740. The number of nitrogens with zero attached hydrogens (tertiary/aromatic N) is 6. The van der Waals surface area contributed by atoms with Gasteiger partial charge in [0.05, 0.1) is 11.4 Å². The van der Waals surface area contributed by atoms with E-state index in [0.717, 1.165) is 52.7 Å². The summed E-state index contributed by atoms with van der Waals surface area (Å²) in [4.78, 5) is 23.4. The number of carboxylic acid groups (broad SMARTS) is 1. The number of aromatic nitrogens is 4. The first-order valence-corrected chi connectivity index (χ1v) is 16.9. The van der Waals surface area contributed by atoms with Crippen LogP contribution in [0.4, 0.5) is 19.0 Å². The van der Waals surface area contributed by atoms with Gasteiger partial charge in [-0.2, -0.15) is 18.3 Å². The van der Waals surface area contributed by atoms with Crippen LogP contribution in [-0.4, -0.2) is 98.2 Å². The molecule has 11 nitrogen and oxygen atoms in total. The Hall–Kier alpha value is -4.27. The fourth-order valence-electron chi connectivity index (χ4n) is 7.71. The van der Waals surface area contributed by atoms with E-state index in [2.05, 4.69) is 29.8 Å². The van der Waals surface area contributed by atoms with Gasteiger partial charge in [0.15, 0.2) is 5.65 Å². The molecule has 4 aromatic rings. The van der Waals surface area contributed by atoms with Crippen molar-refractivity contribution < 1.29 is 27.8 Å². The number of benzene rings is 2. The molecule has 0 bridgehead atoms. The molecule has 0 amide bonds. The first-order valence-electron chi connectivity index (χ1n) is 16.9. The number of nitrogens with two attached hydrogens (primary N) is 1. The lowest BCUT2D eigenvalue weighted by atomic mass is 9.70. The Morgan fingerprint density at radius 1 is 0.878 bits per heavy atom. The number of ether oxygens (including phenoxy) is 1. The van der Waals surface area contributed by atoms with Crippen LogP contribution < -0.4 is 15.8 Å². The molecule has 260 valence electrons. The Morgan fingerprint density at radius 3 is 2.08 bits per heavy atom. The third kappa shape index (κ3) is 7.08. The number of alkyl halides is 3. The molecule has 4 aliphatic rings. The molecular weight excluding hydrogens is 637 g/mol. The molecule has 3 aliphatic heterocycles. The lowest BCUT2D eigenvalue weighted by Gasteiger charge is -2.58. The molecule has 4 fully saturated rings. The topological polar surface area (TPSA) is 135 Å². The molecule has 1 aliphatic carbocycles. The van der Waals surface area contributed by atoms with Crippen LogP contribution in [0.1, 0.15) is 44.6 Å². The van der Waals surface area contributed by atoms with Crippen molar-refractivity contribution >= 4 is 22.8 Å². The van der Waals surface area contributed by atoms with E-state index in [9.17, 15) is 13.2 Å². The molecule has 0 unspecified atom stereocenters. The van der Waals surface area contributed by atoms with Crippen molar-refractivity contribution in [2.24, 2.45) is 5.41 Å². The van der Waals surface area contributed by atoms with Crippen LogP contribution in [0.15, 0.2) is 60.9 Å². The van der Waals surface area contributed by atoms with Crippen molar-refractivity contribution in [2.45, 2.75) is 62.8 Å². The molecule has 1 spiro atoms. The van der Waals surface area contributed by atoms with E-state index in [4.69, 9.17) is 25.5 Å². The first-order chi connectivity index (χ1) is 23.6. The van der Waals surface area contributed by atoms with Gasteiger partial charge in [-0.3, -0.25) is 4.90 Å². The van der Waals surface area contributed by atoms with Gasteiger partial charge in [0, 0.05) is 43.8 Å². The summed E-state index contributed by atoms with van der Waals surface area (Å²) in [5.74, 6) is -0.684. The Morgan fingerprint density at radius 2 is 1.49 bits per heavy atom. The zero-order chi connectivity index (χ0) is 34.2. The zero-order valence-electron chi connectivity index (χ0n) is 27.1. The summed E-state index contributed by atoms with van der Waals surface area (Å²) in [7, 11) is 0. The van der Waals surface area contributed by atoms with Crippen LogP contribution in [0.5, 0.6) is 11.5 Å². The lowest BCUT2D eigenvalue weighted by molar-refractivity contribution is -0.192. The summed E-state index contributed by atoms with van der Waals surface area (Å²) in [5.41, 5.74) is 9.68. The van der Waals surface area contributed by atoms with Crippen molar-refractivity contribution in [1.82, 2.24) is 34.9 Å². The summed E-state index contributed by atoms with van der Waals surface area (Å²) < 4.78 is 39.9. The number of carbonyl (C=O) groups is 1. The van der Waals surface area contributed by atoms with Crippen molar-refractivity contribution in [1.29, 1.82) is 0 Å². The molecule has 0 atom stereocenters. The van der Waals surface area contributed by atoms with Crippen molar-refractivity contribution in [3.8, 4) is 22.8 Å². The third-order valence-electron chi connectivity index (χ3n) is 10.6. The van der Waals surface area contributed by atoms with Gasteiger partial charge in [0.25, 0.3) is 0 Å². The predicted octanol–water partition coefficient (Wildman–Crippen LogP) is 5.35. The minimum Gasteiger partial charge on any atom is -0.475 e. The van der Waals surface area contributed by atoms with E-state index in [-0.39, 0.29) is 0 Å². The second kappa shape index (κ2) is 13.6. The molecule has 5 heterocycles. The highest BCUT2D eigenvalue weighted by Crippen LogP contribution is 2.44. The zero-order valence-corrected chi connectivity index (χ0v) is 27.1. The number of halogens is 3. The highest BCUT2D eigenvalue weighted by Gasteiger charge is 2.48. The smallest absolute Gasteiger partial charge is 0.475 e. The number of para-hydroxylation sites is 1. The predicted molar refractivity (Wildman–Crippen MR) is 178 cm³/mol. The van der Waals surface area contributed by atoms with E-state index in [1.807, 2.05) is 54.6 Å². The molecule has 1 saturated carbocycles. The normalized spacial score (nSPS) is 22.9. The van der Waals surface area contributed by atoms with E-state index >= 15 is 0 Å². The van der Waals surface area contributed by atoms with Crippen LogP contribution in [0.25, 0.3) is 22.3 Å². The maximum atomic E-state index is 10.6. The third-order valence-corrected chi connectivity index (χ3v) is 10.6. The highest BCUT2D eigenvalue weighted by molar-refractivity contribution is 5.98. The fraction of sp³-hybridized carbons (Fsp3) is 0.486. The van der Waals surface area contributed by atoms with Gasteiger partial charge in [0.2, 0.25) is 0 Å². The molecule has 49 heavy (non-hydrogen) atoms. The van der Waals surface area contributed by atoms with Crippen LogP contribution in [0.2, 0.25) is 0 Å². The monoisotopic (exact) mass is 678 g/mol. The SMILES string of the molecule is Nc1ncnc2c1c(-c1ccc(Oc3ccccc3)cc1)nn2C1CCC(N2CCC3(CC2)CN(C2CNC2)C3)CC1.O=C(O)C(F)(F)F. The van der Waals surface area contributed by atoms with Crippen molar-refractivity contribution in [3.05, 3.63) is 60.9 Å². The molecule has 4 N–H and O–H groups in total.